The average molecular weight is 304 g/mol. The van der Waals surface area contributed by atoms with Gasteiger partial charge in [-0.25, -0.2) is 0 Å². The summed E-state index contributed by atoms with van der Waals surface area (Å²) in [5, 5.41) is 3.05. The van der Waals surface area contributed by atoms with Crippen LogP contribution in [0.1, 0.15) is 31.2 Å². The first-order chi connectivity index (χ1) is 10.8. The number of carbonyl (C=O) groups excluding carboxylic acids is 1. The normalized spacial score (nSPS) is 31.9. The summed E-state index contributed by atoms with van der Waals surface area (Å²) in [6.45, 7) is 3.73. The number of ether oxygens (including phenoxy) is 1. The molecule has 0 radical (unpaired) electrons. The standard InChI is InChI=1S/C17H24N2O3/c20-17(18-8-12-1-2-12)15-7-14-3-5-19(10-16(14)22-15)9-13-4-6-21-11-13/h4,6,11-12,14-16H,1-3,5,7-10H2,(H,18,20)/t14-,15-,16+/m0/s1. The lowest BCUT2D eigenvalue weighted by Gasteiger charge is -2.33. The highest BCUT2D eigenvalue weighted by Crippen LogP contribution is 2.34. The minimum Gasteiger partial charge on any atom is -0.472 e. The molecule has 4 rings (SSSR count). The molecule has 1 N–H and O–H groups in total. The highest BCUT2D eigenvalue weighted by atomic mass is 16.5. The van der Waals surface area contributed by atoms with Crippen LogP contribution in [0.5, 0.6) is 0 Å². The molecule has 0 bridgehead atoms. The van der Waals surface area contributed by atoms with Gasteiger partial charge in [-0.1, -0.05) is 0 Å². The van der Waals surface area contributed by atoms with Crippen LogP contribution >= 0.6 is 0 Å². The first kappa shape index (κ1) is 14.3. The second-order valence-corrected chi connectivity index (χ2v) is 7.00. The Hall–Kier alpha value is -1.33. The van der Waals surface area contributed by atoms with Gasteiger partial charge in [0.25, 0.3) is 0 Å². The zero-order chi connectivity index (χ0) is 14.9. The molecule has 1 aromatic rings. The van der Waals surface area contributed by atoms with Crippen LogP contribution in [0.25, 0.3) is 0 Å². The molecule has 120 valence electrons. The first-order valence-corrected chi connectivity index (χ1v) is 8.44. The summed E-state index contributed by atoms with van der Waals surface area (Å²) < 4.78 is 11.2. The monoisotopic (exact) mass is 304 g/mol. The molecule has 1 saturated carbocycles. The molecule has 0 unspecified atom stereocenters. The van der Waals surface area contributed by atoms with E-state index in [2.05, 4.69) is 10.2 Å². The predicted molar refractivity (Wildman–Crippen MR) is 81.1 cm³/mol. The Morgan fingerprint density at radius 3 is 3.05 bits per heavy atom. The van der Waals surface area contributed by atoms with E-state index in [9.17, 15) is 4.79 Å². The van der Waals surface area contributed by atoms with Crippen molar-refractivity contribution in [3.63, 3.8) is 0 Å². The summed E-state index contributed by atoms with van der Waals surface area (Å²) in [5.74, 6) is 1.36. The van der Waals surface area contributed by atoms with Crippen molar-refractivity contribution < 1.29 is 13.9 Å². The Balaban J connectivity index is 1.28. The number of hydrogen-bond acceptors (Lipinski definition) is 4. The molecule has 2 aliphatic heterocycles. The average Bonchev–Trinajstić information content (AvgIpc) is 3.03. The van der Waals surface area contributed by atoms with Gasteiger partial charge in [0.05, 0.1) is 18.6 Å². The number of fused-ring (bicyclic) bond motifs is 1. The molecule has 3 aliphatic rings. The molecule has 3 atom stereocenters. The number of nitrogens with one attached hydrogen (secondary N) is 1. The summed E-state index contributed by atoms with van der Waals surface area (Å²) in [7, 11) is 0. The Morgan fingerprint density at radius 2 is 2.27 bits per heavy atom. The van der Waals surface area contributed by atoms with Gasteiger partial charge in [-0.3, -0.25) is 9.69 Å². The Morgan fingerprint density at radius 1 is 1.36 bits per heavy atom. The van der Waals surface area contributed by atoms with Crippen molar-refractivity contribution in [3.8, 4) is 0 Å². The quantitative estimate of drug-likeness (QED) is 0.901. The molecule has 22 heavy (non-hydrogen) atoms. The summed E-state index contributed by atoms with van der Waals surface area (Å²) in [6.07, 6.45) is 8.03. The SMILES string of the molecule is O=C(NCC1CC1)[C@@H]1C[C@@H]2CCN(Cc3ccoc3)C[C@H]2O1. The van der Waals surface area contributed by atoms with E-state index in [0.717, 1.165) is 44.9 Å². The van der Waals surface area contributed by atoms with Crippen LogP contribution in [-0.4, -0.2) is 42.6 Å². The fourth-order valence-electron chi connectivity index (χ4n) is 3.63. The topological polar surface area (TPSA) is 54.7 Å². The van der Waals surface area contributed by atoms with Gasteiger partial charge in [0.1, 0.15) is 6.10 Å². The minimum atomic E-state index is -0.234. The number of likely N-dealkylation sites (tertiary alicyclic amines) is 1. The van der Waals surface area contributed by atoms with E-state index >= 15 is 0 Å². The van der Waals surface area contributed by atoms with Crippen LogP contribution in [-0.2, 0) is 16.1 Å². The molecular weight excluding hydrogens is 280 g/mol. The number of carbonyl (C=O) groups is 1. The maximum Gasteiger partial charge on any atom is 0.249 e. The third kappa shape index (κ3) is 3.20. The van der Waals surface area contributed by atoms with Crippen molar-refractivity contribution in [1.29, 1.82) is 0 Å². The number of rotatable bonds is 5. The molecule has 1 aliphatic carbocycles. The molecule has 2 saturated heterocycles. The van der Waals surface area contributed by atoms with Gasteiger partial charge in [-0.05, 0) is 50.1 Å². The molecule has 5 nitrogen and oxygen atoms in total. The van der Waals surface area contributed by atoms with Crippen LogP contribution in [0.4, 0.5) is 0 Å². The van der Waals surface area contributed by atoms with Crippen LogP contribution in [0, 0.1) is 11.8 Å². The molecular formula is C17H24N2O3. The Kier molecular flexibility index (Phi) is 3.92. The van der Waals surface area contributed by atoms with E-state index in [0.29, 0.717) is 5.92 Å². The molecule has 1 aromatic heterocycles. The van der Waals surface area contributed by atoms with Crippen molar-refractivity contribution in [3.05, 3.63) is 24.2 Å². The van der Waals surface area contributed by atoms with E-state index in [4.69, 9.17) is 9.15 Å². The maximum absolute atomic E-state index is 12.2. The summed E-state index contributed by atoms with van der Waals surface area (Å²) in [6, 6.07) is 2.01. The van der Waals surface area contributed by atoms with E-state index in [1.807, 2.05) is 6.07 Å². The third-order valence-electron chi connectivity index (χ3n) is 5.18. The zero-order valence-electron chi connectivity index (χ0n) is 12.9. The summed E-state index contributed by atoms with van der Waals surface area (Å²) >= 11 is 0. The van der Waals surface area contributed by atoms with Gasteiger partial charge < -0.3 is 14.5 Å². The minimum absolute atomic E-state index is 0.0997. The van der Waals surface area contributed by atoms with Crippen molar-refractivity contribution >= 4 is 5.91 Å². The van der Waals surface area contributed by atoms with E-state index < -0.39 is 0 Å². The van der Waals surface area contributed by atoms with Gasteiger partial charge >= 0.3 is 0 Å². The fourth-order valence-corrected chi connectivity index (χ4v) is 3.63. The van der Waals surface area contributed by atoms with Gasteiger partial charge in [0, 0.05) is 25.2 Å². The number of furan rings is 1. The van der Waals surface area contributed by atoms with Crippen molar-refractivity contribution in [2.24, 2.45) is 11.8 Å². The van der Waals surface area contributed by atoms with E-state index in [-0.39, 0.29) is 18.1 Å². The van der Waals surface area contributed by atoms with Gasteiger partial charge in [-0.2, -0.15) is 0 Å². The molecule has 1 amide bonds. The largest absolute Gasteiger partial charge is 0.472 e. The lowest BCUT2D eigenvalue weighted by Crippen LogP contribution is -2.42. The van der Waals surface area contributed by atoms with E-state index in [1.54, 1.807) is 12.5 Å². The van der Waals surface area contributed by atoms with Crippen LogP contribution in [0.2, 0.25) is 0 Å². The Bertz CT molecular complexity index is 512. The zero-order valence-corrected chi connectivity index (χ0v) is 12.9. The van der Waals surface area contributed by atoms with Crippen molar-refractivity contribution in [2.75, 3.05) is 19.6 Å². The lowest BCUT2D eigenvalue weighted by atomic mass is 9.91. The van der Waals surface area contributed by atoms with Crippen molar-refractivity contribution in [1.82, 2.24) is 10.2 Å². The third-order valence-corrected chi connectivity index (χ3v) is 5.18. The van der Waals surface area contributed by atoms with Gasteiger partial charge in [0.2, 0.25) is 5.91 Å². The van der Waals surface area contributed by atoms with Crippen LogP contribution in [0.3, 0.4) is 0 Å². The summed E-state index contributed by atoms with van der Waals surface area (Å²) in [4.78, 5) is 14.6. The number of amides is 1. The highest BCUT2D eigenvalue weighted by Gasteiger charge is 2.41. The van der Waals surface area contributed by atoms with Crippen molar-refractivity contribution in [2.45, 2.75) is 44.4 Å². The Labute approximate surface area is 131 Å². The molecule has 0 aromatic carbocycles. The molecule has 5 heteroatoms. The van der Waals surface area contributed by atoms with Gasteiger partial charge in [0.15, 0.2) is 0 Å². The second-order valence-electron chi connectivity index (χ2n) is 7.00. The predicted octanol–water partition coefficient (Wildman–Crippen LogP) is 1.79. The lowest BCUT2D eigenvalue weighted by molar-refractivity contribution is -0.132. The van der Waals surface area contributed by atoms with Gasteiger partial charge in [-0.15, -0.1) is 0 Å². The fraction of sp³-hybridized carbons (Fsp3) is 0.706. The molecule has 3 fully saturated rings. The maximum atomic E-state index is 12.2. The molecule has 0 spiro atoms. The summed E-state index contributed by atoms with van der Waals surface area (Å²) in [5.41, 5.74) is 1.20. The number of hydrogen-bond donors (Lipinski definition) is 1. The van der Waals surface area contributed by atoms with Crippen LogP contribution in [0.15, 0.2) is 23.0 Å². The number of piperidine rings is 1. The second kappa shape index (κ2) is 6.05. The smallest absolute Gasteiger partial charge is 0.249 e. The molecule has 3 heterocycles. The first-order valence-electron chi connectivity index (χ1n) is 8.44. The van der Waals surface area contributed by atoms with E-state index in [1.165, 1.54) is 18.4 Å². The highest BCUT2D eigenvalue weighted by molar-refractivity contribution is 5.81. The van der Waals surface area contributed by atoms with Crippen LogP contribution < -0.4 is 5.32 Å². The number of nitrogens with zero attached hydrogens (tertiary/aromatic N) is 1.